The van der Waals surface area contributed by atoms with Gasteiger partial charge in [0.1, 0.15) is 34.8 Å². The molecule has 1 fully saturated rings. The molecule has 0 unspecified atom stereocenters. The predicted molar refractivity (Wildman–Crippen MR) is 117 cm³/mol. The molecule has 0 aliphatic carbocycles. The molecular formula is C24H21F2N5O. The van der Waals surface area contributed by atoms with Crippen molar-refractivity contribution >= 4 is 16.9 Å². The van der Waals surface area contributed by atoms with E-state index in [1.165, 1.54) is 12.1 Å². The van der Waals surface area contributed by atoms with Crippen LogP contribution in [-0.4, -0.2) is 39.6 Å². The van der Waals surface area contributed by atoms with Gasteiger partial charge in [0, 0.05) is 48.9 Å². The summed E-state index contributed by atoms with van der Waals surface area (Å²) < 4.78 is 34.2. The van der Waals surface area contributed by atoms with Gasteiger partial charge in [0.25, 0.3) is 0 Å². The van der Waals surface area contributed by atoms with Crippen LogP contribution in [0.1, 0.15) is 23.1 Å². The fraction of sp³-hybridized carbons (Fsp3) is 0.250. The highest BCUT2D eigenvalue weighted by Crippen LogP contribution is 2.32. The maximum Gasteiger partial charge on any atom is 0.135 e. The van der Waals surface area contributed by atoms with Gasteiger partial charge in [-0.3, -0.25) is 9.97 Å². The van der Waals surface area contributed by atoms with Gasteiger partial charge >= 0.3 is 0 Å². The first-order chi connectivity index (χ1) is 15.5. The van der Waals surface area contributed by atoms with Crippen molar-refractivity contribution in [2.24, 2.45) is 0 Å². The summed E-state index contributed by atoms with van der Waals surface area (Å²) >= 11 is 0. The number of morpholine rings is 1. The van der Waals surface area contributed by atoms with Crippen molar-refractivity contribution in [3.05, 3.63) is 77.4 Å². The zero-order chi connectivity index (χ0) is 22.2. The maximum atomic E-state index is 14.7. The Morgan fingerprint density at radius 2 is 1.88 bits per heavy atom. The number of rotatable bonds is 3. The van der Waals surface area contributed by atoms with Crippen molar-refractivity contribution in [3.8, 4) is 11.3 Å². The molecule has 1 aliphatic rings. The normalized spacial score (nSPS) is 16.5. The summed E-state index contributed by atoms with van der Waals surface area (Å²) in [5, 5.41) is 0. The van der Waals surface area contributed by atoms with E-state index in [0.29, 0.717) is 42.2 Å². The molecule has 1 aromatic carbocycles. The van der Waals surface area contributed by atoms with Gasteiger partial charge in [0.2, 0.25) is 0 Å². The number of aromatic nitrogens is 4. The van der Waals surface area contributed by atoms with Crippen molar-refractivity contribution in [2.45, 2.75) is 20.0 Å². The first-order valence-electron chi connectivity index (χ1n) is 10.4. The summed E-state index contributed by atoms with van der Waals surface area (Å²) in [7, 11) is 0. The molecule has 4 heterocycles. The molecule has 8 heteroatoms. The van der Waals surface area contributed by atoms with Gasteiger partial charge < -0.3 is 9.64 Å². The minimum atomic E-state index is -0.689. The molecule has 0 saturated carbocycles. The molecule has 0 N–H and O–H groups in total. The molecule has 3 aromatic heterocycles. The first kappa shape index (κ1) is 20.4. The van der Waals surface area contributed by atoms with Crippen LogP contribution in [0.2, 0.25) is 0 Å². The number of hydrogen-bond donors (Lipinski definition) is 0. The third-order valence-electron chi connectivity index (χ3n) is 5.51. The number of anilines is 1. The summed E-state index contributed by atoms with van der Waals surface area (Å²) in [5.74, 6) is -0.682. The van der Waals surface area contributed by atoms with Crippen LogP contribution in [-0.2, 0) is 4.74 Å². The Morgan fingerprint density at radius 1 is 1.00 bits per heavy atom. The van der Waals surface area contributed by atoms with Crippen molar-refractivity contribution in [1.82, 2.24) is 19.9 Å². The summed E-state index contributed by atoms with van der Waals surface area (Å²) in [4.78, 5) is 20.1. The molecule has 0 bridgehead atoms. The topological polar surface area (TPSA) is 64.0 Å². The second kappa shape index (κ2) is 8.20. The fourth-order valence-corrected chi connectivity index (χ4v) is 3.96. The number of ether oxygens (including phenoxy) is 1. The Hall–Kier alpha value is -3.52. The average Bonchev–Trinajstić information content (AvgIpc) is 2.78. The summed E-state index contributed by atoms with van der Waals surface area (Å²) in [5.41, 5.74) is 4.31. The molecule has 5 rings (SSSR count). The van der Waals surface area contributed by atoms with Crippen LogP contribution in [0.15, 0.2) is 48.8 Å². The molecule has 6 nitrogen and oxygen atoms in total. The van der Waals surface area contributed by atoms with Gasteiger partial charge in [-0.1, -0.05) is 0 Å². The molecule has 0 amide bonds. The second-order valence-corrected chi connectivity index (χ2v) is 7.87. The lowest BCUT2D eigenvalue weighted by Gasteiger charge is -2.34. The average molecular weight is 433 g/mol. The summed E-state index contributed by atoms with van der Waals surface area (Å²) in [6.45, 7) is 5.52. The number of aryl methyl sites for hydroxylation is 2. The van der Waals surface area contributed by atoms with Crippen LogP contribution in [0.5, 0.6) is 0 Å². The zero-order valence-electron chi connectivity index (χ0n) is 17.7. The highest BCUT2D eigenvalue weighted by atomic mass is 19.1. The highest BCUT2D eigenvalue weighted by Gasteiger charge is 2.25. The SMILES string of the molecule is Cc1cc([C@H]2CN(c3cc4nc(C)cnc4c(-c4ccc(F)cc4F)n3)CCO2)ccn1. The lowest BCUT2D eigenvalue weighted by atomic mass is 10.1. The van der Waals surface area contributed by atoms with E-state index < -0.39 is 11.6 Å². The van der Waals surface area contributed by atoms with Gasteiger partial charge in [-0.05, 0) is 43.7 Å². The minimum absolute atomic E-state index is 0.141. The van der Waals surface area contributed by atoms with Gasteiger partial charge in [0.05, 0.1) is 17.8 Å². The Labute approximate surface area is 183 Å². The van der Waals surface area contributed by atoms with Crippen LogP contribution >= 0.6 is 0 Å². The van der Waals surface area contributed by atoms with E-state index in [1.807, 2.05) is 32.0 Å². The molecule has 4 aromatic rings. The number of nitrogens with zero attached hydrogens (tertiary/aromatic N) is 5. The fourth-order valence-electron chi connectivity index (χ4n) is 3.96. The minimum Gasteiger partial charge on any atom is -0.370 e. The first-order valence-corrected chi connectivity index (χ1v) is 10.4. The van der Waals surface area contributed by atoms with Crippen LogP contribution < -0.4 is 4.90 Å². The predicted octanol–water partition coefficient (Wildman–Crippen LogP) is 4.56. The standard InChI is InChI=1S/C24H21F2N5O/c1-14-9-16(5-6-27-14)21-13-31(7-8-32-21)22-11-20-24(28-12-15(2)29-20)23(30-22)18-4-3-17(25)10-19(18)26/h3-6,9-12,21H,7-8,13H2,1-2H3/t21-/m1/s1. The largest absolute Gasteiger partial charge is 0.370 e. The van der Waals surface area contributed by atoms with E-state index in [4.69, 9.17) is 9.72 Å². The van der Waals surface area contributed by atoms with Crippen molar-refractivity contribution in [3.63, 3.8) is 0 Å². The van der Waals surface area contributed by atoms with E-state index in [0.717, 1.165) is 23.0 Å². The number of hydrogen-bond acceptors (Lipinski definition) is 6. The number of fused-ring (bicyclic) bond motifs is 1. The zero-order valence-corrected chi connectivity index (χ0v) is 17.7. The van der Waals surface area contributed by atoms with E-state index in [-0.39, 0.29) is 11.7 Å². The van der Waals surface area contributed by atoms with Gasteiger partial charge in [-0.25, -0.2) is 18.7 Å². The van der Waals surface area contributed by atoms with Crippen molar-refractivity contribution in [2.75, 3.05) is 24.6 Å². The van der Waals surface area contributed by atoms with Crippen molar-refractivity contribution in [1.29, 1.82) is 0 Å². The molecule has 0 spiro atoms. The molecular weight excluding hydrogens is 412 g/mol. The molecule has 1 aliphatic heterocycles. The maximum absolute atomic E-state index is 14.7. The van der Waals surface area contributed by atoms with E-state index in [1.54, 1.807) is 12.4 Å². The number of benzene rings is 1. The van der Waals surface area contributed by atoms with E-state index in [2.05, 4.69) is 19.9 Å². The van der Waals surface area contributed by atoms with Crippen LogP contribution in [0, 0.1) is 25.5 Å². The second-order valence-electron chi connectivity index (χ2n) is 7.87. The van der Waals surface area contributed by atoms with Crippen LogP contribution in [0.4, 0.5) is 14.6 Å². The molecule has 0 radical (unpaired) electrons. The molecule has 162 valence electrons. The smallest absolute Gasteiger partial charge is 0.135 e. The molecule has 1 saturated heterocycles. The Bertz CT molecular complexity index is 1310. The summed E-state index contributed by atoms with van der Waals surface area (Å²) in [6, 6.07) is 9.28. The van der Waals surface area contributed by atoms with Crippen LogP contribution in [0.25, 0.3) is 22.3 Å². The van der Waals surface area contributed by atoms with E-state index >= 15 is 0 Å². The van der Waals surface area contributed by atoms with Gasteiger partial charge in [0.15, 0.2) is 0 Å². The summed E-state index contributed by atoms with van der Waals surface area (Å²) in [6.07, 6.45) is 3.25. The lowest BCUT2D eigenvalue weighted by molar-refractivity contribution is 0.0394. The monoisotopic (exact) mass is 433 g/mol. The number of pyridine rings is 2. The third-order valence-corrected chi connectivity index (χ3v) is 5.51. The van der Waals surface area contributed by atoms with E-state index in [9.17, 15) is 8.78 Å². The van der Waals surface area contributed by atoms with Crippen molar-refractivity contribution < 1.29 is 13.5 Å². The molecule has 32 heavy (non-hydrogen) atoms. The Kier molecular flexibility index (Phi) is 5.22. The highest BCUT2D eigenvalue weighted by molar-refractivity contribution is 5.91. The quantitative estimate of drug-likeness (QED) is 0.472. The van der Waals surface area contributed by atoms with Gasteiger partial charge in [-0.2, -0.15) is 0 Å². The Morgan fingerprint density at radius 3 is 2.69 bits per heavy atom. The lowest BCUT2D eigenvalue weighted by Crippen LogP contribution is -2.39. The third kappa shape index (κ3) is 3.89. The Balaban J connectivity index is 1.59. The number of halogens is 2. The molecule has 1 atom stereocenters. The van der Waals surface area contributed by atoms with Gasteiger partial charge in [-0.15, -0.1) is 0 Å². The van der Waals surface area contributed by atoms with Crippen LogP contribution in [0.3, 0.4) is 0 Å².